The Bertz CT molecular complexity index is 338. The minimum absolute atomic E-state index is 0.0939. The van der Waals surface area contributed by atoms with E-state index in [0.29, 0.717) is 0 Å². The van der Waals surface area contributed by atoms with E-state index in [9.17, 15) is 13.2 Å². The average Bonchev–Trinajstić information content (AvgIpc) is 2.00. The van der Waals surface area contributed by atoms with Gasteiger partial charge in [0.2, 0.25) is 0 Å². The summed E-state index contributed by atoms with van der Waals surface area (Å²) in [6, 6.07) is 0. The molecule has 0 bridgehead atoms. The van der Waals surface area contributed by atoms with Gasteiger partial charge in [-0.3, -0.25) is 4.55 Å². The van der Waals surface area contributed by atoms with Crippen LogP contribution in [0, 0.1) is 0 Å². The number of ether oxygens (including phenoxy) is 1. The van der Waals surface area contributed by atoms with E-state index in [2.05, 4.69) is 17.9 Å². The second-order valence-corrected chi connectivity index (χ2v) is 3.54. The molecule has 0 saturated heterocycles. The van der Waals surface area contributed by atoms with Gasteiger partial charge in [-0.05, 0) is 6.92 Å². The van der Waals surface area contributed by atoms with Crippen LogP contribution in [0.1, 0.15) is 6.92 Å². The molecule has 0 atom stereocenters. The fraction of sp³-hybridized carbons (Fsp3) is 0.286. The lowest BCUT2D eigenvalue weighted by Crippen LogP contribution is -2.13. The van der Waals surface area contributed by atoms with Crippen LogP contribution in [-0.2, 0) is 19.6 Å². The molecule has 0 amide bonds. The molecule has 1 N–H and O–H groups in total. The standard InChI is InChI=1S/C7H10O5S/c1-4-12-7(8)5(2)6(3)13(9,10)11/h2-4H2,1H3,(H,9,10,11). The van der Waals surface area contributed by atoms with Crippen LogP contribution in [0.2, 0.25) is 0 Å². The van der Waals surface area contributed by atoms with E-state index in [-0.39, 0.29) is 6.61 Å². The van der Waals surface area contributed by atoms with Gasteiger partial charge in [-0.15, -0.1) is 0 Å². The van der Waals surface area contributed by atoms with Crippen molar-refractivity contribution in [2.75, 3.05) is 6.61 Å². The van der Waals surface area contributed by atoms with Gasteiger partial charge < -0.3 is 4.74 Å². The van der Waals surface area contributed by atoms with Crippen molar-refractivity contribution in [3.63, 3.8) is 0 Å². The first-order chi connectivity index (χ1) is 5.80. The molecule has 0 aromatic carbocycles. The first-order valence-electron chi connectivity index (χ1n) is 3.33. The van der Waals surface area contributed by atoms with Crippen LogP contribution in [0.3, 0.4) is 0 Å². The second kappa shape index (κ2) is 4.20. The summed E-state index contributed by atoms with van der Waals surface area (Å²) < 4.78 is 33.9. The highest BCUT2D eigenvalue weighted by Gasteiger charge is 2.20. The van der Waals surface area contributed by atoms with Crippen LogP contribution in [0.25, 0.3) is 0 Å². The Balaban J connectivity index is 4.65. The molecule has 74 valence electrons. The molecule has 0 rings (SSSR count). The van der Waals surface area contributed by atoms with Gasteiger partial charge in [-0.1, -0.05) is 13.2 Å². The molecule has 5 nitrogen and oxygen atoms in total. The smallest absolute Gasteiger partial charge is 0.338 e. The monoisotopic (exact) mass is 206 g/mol. The van der Waals surface area contributed by atoms with E-state index < -0.39 is 26.6 Å². The third-order valence-corrected chi connectivity index (χ3v) is 2.04. The summed E-state index contributed by atoms with van der Waals surface area (Å²) in [5, 5.41) is 0. The number of rotatable bonds is 4. The summed E-state index contributed by atoms with van der Waals surface area (Å²) in [5.74, 6) is -0.912. The lowest BCUT2D eigenvalue weighted by Gasteiger charge is -2.04. The van der Waals surface area contributed by atoms with Crippen LogP contribution >= 0.6 is 0 Å². The van der Waals surface area contributed by atoms with Crippen molar-refractivity contribution in [3.05, 3.63) is 23.6 Å². The SMILES string of the molecule is C=C(C(=C)S(=O)(=O)O)C(=O)OCC. The van der Waals surface area contributed by atoms with Gasteiger partial charge in [0.25, 0.3) is 10.1 Å². The number of hydrogen-bond donors (Lipinski definition) is 1. The zero-order valence-corrected chi connectivity index (χ0v) is 7.93. The Morgan fingerprint density at radius 3 is 2.23 bits per heavy atom. The molecule has 0 heterocycles. The van der Waals surface area contributed by atoms with Crippen LogP contribution in [-0.4, -0.2) is 25.5 Å². The molecule has 0 aromatic heterocycles. The molecular weight excluding hydrogens is 196 g/mol. The summed E-state index contributed by atoms with van der Waals surface area (Å²) in [4.78, 5) is 10.1. The highest BCUT2D eigenvalue weighted by Crippen LogP contribution is 2.12. The van der Waals surface area contributed by atoms with Crippen LogP contribution < -0.4 is 0 Å². The van der Waals surface area contributed by atoms with Crippen LogP contribution in [0.5, 0.6) is 0 Å². The summed E-state index contributed by atoms with van der Waals surface area (Å²) in [7, 11) is -4.46. The quantitative estimate of drug-likeness (QED) is 0.313. The lowest BCUT2D eigenvalue weighted by molar-refractivity contribution is -0.138. The van der Waals surface area contributed by atoms with Crippen LogP contribution in [0.15, 0.2) is 23.6 Å². The van der Waals surface area contributed by atoms with Gasteiger partial charge in [0, 0.05) is 0 Å². The zero-order chi connectivity index (χ0) is 10.6. The number of hydrogen-bond acceptors (Lipinski definition) is 4. The Hall–Kier alpha value is -1.14. The molecule has 0 aliphatic carbocycles. The normalized spacial score (nSPS) is 10.6. The van der Waals surface area contributed by atoms with E-state index >= 15 is 0 Å². The van der Waals surface area contributed by atoms with E-state index in [0.717, 1.165) is 0 Å². The first kappa shape index (κ1) is 11.9. The second-order valence-electron chi connectivity index (χ2n) is 2.10. The molecule has 0 radical (unpaired) electrons. The summed E-state index contributed by atoms with van der Waals surface area (Å²) in [6.45, 7) is 7.77. The van der Waals surface area contributed by atoms with E-state index in [1.165, 1.54) is 0 Å². The first-order valence-corrected chi connectivity index (χ1v) is 4.77. The molecule has 13 heavy (non-hydrogen) atoms. The number of esters is 1. The van der Waals surface area contributed by atoms with Crippen molar-refractivity contribution < 1.29 is 22.5 Å². The maximum Gasteiger partial charge on any atom is 0.338 e. The van der Waals surface area contributed by atoms with E-state index in [1.54, 1.807) is 6.92 Å². The molecule has 0 fully saturated rings. The molecule has 0 unspecified atom stereocenters. The summed E-state index contributed by atoms with van der Waals surface area (Å²) in [5.41, 5.74) is -0.468. The third kappa shape index (κ3) is 3.39. The van der Waals surface area contributed by atoms with Gasteiger partial charge in [-0.25, -0.2) is 4.79 Å². The minimum atomic E-state index is -4.46. The van der Waals surface area contributed by atoms with Crippen LogP contribution in [0.4, 0.5) is 0 Å². The fourth-order valence-electron chi connectivity index (χ4n) is 0.488. The molecule has 0 aliphatic heterocycles. The van der Waals surface area contributed by atoms with Gasteiger partial charge in [0.1, 0.15) is 4.91 Å². The Kier molecular flexibility index (Phi) is 3.83. The fourth-order valence-corrected chi connectivity index (χ4v) is 0.882. The summed E-state index contributed by atoms with van der Waals surface area (Å²) in [6.07, 6.45) is 0. The van der Waals surface area contributed by atoms with Crippen molar-refractivity contribution >= 4 is 16.1 Å². The van der Waals surface area contributed by atoms with Crippen molar-refractivity contribution in [2.45, 2.75) is 6.92 Å². The predicted molar refractivity (Wildman–Crippen MR) is 46.5 cm³/mol. The highest BCUT2D eigenvalue weighted by atomic mass is 32.2. The van der Waals surface area contributed by atoms with Gasteiger partial charge >= 0.3 is 5.97 Å². The minimum Gasteiger partial charge on any atom is -0.462 e. The molecule has 0 spiro atoms. The highest BCUT2D eigenvalue weighted by molar-refractivity contribution is 7.90. The van der Waals surface area contributed by atoms with Crippen molar-refractivity contribution in [2.24, 2.45) is 0 Å². The van der Waals surface area contributed by atoms with Crippen molar-refractivity contribution in [1.82, 2.24) is 0 Å². The molecular formula is C7H10O5S. The van der Waals surface area contributed by atoms with Gasteiger partial charge in [-0.2, -0.15) is 8.42 Å². The molecule has 0 aromatic rings. The maximum absolute atomic E-state index is 10.9. The Labute approximate surface area is 76.5 Å². The molecule has 0 aliphatic rings. The predicted octanol–water partition coefficient (Wildman–Crippen LogP) is 0.507. The van der Waals surface area contributed by atoms with E-state index in [4.69, 9.17) is 4.55 Å². The average molecular weight is 206 g/mol. The molecule has 6 heteroatoms. The van der Waals surface area contributed by atoms with Crippen molar-refractivity contribution in [3.8, 4) is 0 Å². The Morgan fingerprint density at radius 1 is 1.46 bits per heavy atom. The number of carbonyl (C=O) groups excluding carboxylic acids is 1. The number of carbonyl (C=O) groups is 1. The van der Waals surface area contributed by atoms with Gasteiger partial charge in [0.15, 0.2) is 0 Å². The Morgan fingerprint density at radius 2 is 1.92 bits per heavy atom. The van der Waals surface area contributed by atoms with E-state index in [1.807, 2.05) is 0 Å². The van der Waals surface area contributed by atoms with Crippen molar-refractivity contribution in [1.29, 1.82) is 0 Å². The topological polar surface area (TPSA) is 80.7 Å². The zero-order valence-electron chi connectivity index (χ0n) is 7.11. The van der Waals surface area contributed by atoms with Gasteiger partial charge in [0.05, 0.1) is 12.2 Å². The largest absolute Gasteiger partial charge is 0.462 e. The maximum atomic E-state index is 10.9. The lowest BCUT2D eigenvalue weighted by atomic mass is 10.3. The molecule has 0 saturated carbocycles. The third-order valence-electron chi connectivity index (χ3n) is 1.17. The summed E-state index contributed by atoms with van der Waals surface area (Å²) >= 11 is 0.